The van der Waals surface area contributed by atoms with Crippen molar-refractivity contribution in [3.05, 3.63) is 89.0 Å². The highest BCUT2D eigenvalue weighted by atomic mass is 15.4. The third-order valence-electron chi connectivity index (χ3n) is 11.4. The summed E-state index contributed by atoms with van der Waals surface area (Å²) in [5.41, 5.74) is 9.88. The summed E-state index contributed by atoms with van der Waals surface area (Å²) in [5, 5.41) is 15.9. The number of likely N-dealkylation sites (tertiary alicyclic amines) is 2. The van der Waals surface area contributed by atoms with E-state index in [2.05, 4.69) is 112 Å². The highest BCUT2D eigenvalue weighted by Crippen LogP contribution is 2.67. The van der Waals surface area contributed by atoms with Gasteiger partial charge in [0.15, 0.2) is 0 Å². The second-order valence-electron chi connectivity index (χ2n) is 12.6. The van der Waals surface area contributed by atoms with Crippen LogP contribution in [0, 0.1) is 0 Å². The fraction of sp³-hybridized carbons (Fsp3) is 0.438. The van der Waals surface area contributed by atoms with Gasteiger partial charge in [0.2, 0.25) is 0 Å². The zero-order valence-electron chi connectivity index (χ0n) is 22.2. The standard InChI is InChI=1S/C32H36N6/c1-37-18-15-31(21-9-4-6-13-25(21)35-28(31)37)32-16-19-38(2)29(32)36-26-22(10-7-11-23(26)32)30-14-17-33-27(30)34-24-12-5-3-8-20(24)30/h3-13,27-29,33-36H,14-19H2,1-2H3/t27?,28-,29-,30-,31-,32+/m1/s1. The van der Waals surface area contributed by atoms with E-state index in [-0.39, 0.29) is 28.6 Å². The summed E-state index contributed by atoms with van der Waals surface area (Å²) in [6, 6.07) is 25.4. The maximum atomic E-state index is 4.22. The molecule has 194 valence electrons. The largest absolute Gasteiger partial charge is 0.369 e. The number of hydrogen-bond acceptors (Lipinski definition) is 6. The van der Waals surface area contributed by atoms with Crippen LogP contribution in [0.5, 0.6) is 0 Å². The highest BCUT2D eigenvalue weighted by molar-refractivity contribution is 5.78. The predicted molar refractivity (Wildman–Crippen MR) is 153 cm³/mol. The van der Waals surface area contributed by atoms with Gasteiger partial charge in [-0.25, -0.2) is 0 Å². The van der Waals surface area contributed by atoms with Crippen LogP contribution in [0.2, 0.25) is 0 Å². The first-order valence-electron chi connectivity index (χ1n) is 14.4. The molecule has 38 heavy (non-hydrogen) atoms. The summed E-state index contributed by atoms with van der Waals surface area (Å²) in [5.74, 6) is 0. The number of nitrogens with one attached hydrogen (secondary N) is 4. The topological polar surface area (TPSA) is 54.6 Å². The van der Waals surface area contributed by atoms with Crippen LogP contribution in [0.25, 0.3) is 0 Å². The molecule has 0 spiro atoms. The summed E-state index contributed by atoms with van der Waals surface area (Å²) in [4.78, 5) is 5.16. The molecule has 6 heterocycles. The van der Waals surface area contributed by atoms with Crippen LogP contribution in [0.15, 0.2) is 66.7 Å². The molecule has 6 aliphatic heterocycles. The van der Waals surface area contributed by atoms with E-state index in [1.165, 1.54) is 52.2 Å². The number of fused-ring (bicyclic) bond motifs is 10. The fourth-order valence-electron chi connectivity index (χ4n) is 9.95. The van der Waals surface area contributed by atoms with Gasteiger partial charge in [0.25, 0.3) is 0 Å². The molecule has 3 aromatic rings. The molecule has 0 bridgehead atoms. The van der Waals surface area contributed by atoms with Crippen molar-refractivity contribution in [1.82, 2.24) is 15.1 Å². The van der Waals surface area contributed by atoms with Gasteiger partial charge < -0.3 is 16.0 Å². The van der Waals surface area contributed by atoms with Gasteiger partial charge >= 0.3 is 0 Å². The Labute approximate surface area is 224 Å². The summed E-state index contributed by atoms with van der Waals surface area (Å²) in [6.45, 7) is 3.26. The lowest BCUT2D eigenvalue weighted by Crippen LogP contribution is -2.60. The Balaban J connectivity index is 1.31. The lowest BCUT2D eigenvalue weighted by Gasteiger charge is -2.48. The Kier molecular flexibility index (Phi) is 4.09. The van der Waals surface area contributed by atoms with Crippen LogP contribution in [-0.4, -0.2) is 62.0 Å². The number of hydrogen-bond donors (Lipinski definition) is 4. The molecule has 6 nitrogen and oxygen atoms in total. The van der Waals surface area contributed by atoms with Crippen LogP contribution < -0.4 is 21.3 Å². The second kappa shape index (κ2) is 7.12. The molecule has 6 aliphatic rings. The van der Waals surface area contributed by atoms with Gasteiger partial charge in [-0.2, -0.15) is 0 Å². The van der Waals surface area contributed by atoms with Gasteiger partial charge in [0, 0.05) is 41.0 Å². The molecule has 3 saturated heterocycles. The molecule has 0 aliphatic carbocycles. The number of likely N-dealkylation sites (N-methyl/N-ethyl adjacent to an activating group) is 2. The van der Waals surface area contributed by atoms with Crippen molar-refractivity contribution in [2.24, 2.45) is 0 Å². The number of para-hydroxylation sites is 3. The molecule has 1 unspecified atom stereocenters. The molecule has 3 aromatic carbocycles. The Morgan fingerprint density at radius 3 is 2.03 bits per heavy atom. The van der Waals surface area contributed by atoms with Gasteiger partial charge in [0.1, 0.15) is 0 Å². The molecular formula is C32H36N6. The minimum absolute atomic E-state index is 0.00809. The van der Waals surface area contributed by atoms with Crippen molar-refractivity contribution in [1.29, 1.82) is 0 Å². The van der Waals surface area contributed by atoms with Gasteiger partial charge in [-0.3, -0.25) is 15.1 Å². The normalized spacial score (nSPS) is 38.0. The lowest BCUT2D eigenvalue weighted by molar-refractivity contribution is 0.147. The molecule has 3 fully saturated rings. The molecule has 0 radical (unpaired) electrons. The van der Waals surface area contributed by atoms with Gasteiger partial charge in [-0.05, 0) is 74.3 Å². The molecule has 6 atom stereocenters. The first kappa shape index (κ1) is 21.8. The average Bonchev–Trinajstić information content (AvgIpc) is 3.75. The molecule has 0 amide bonds. The van der Waals surface area contributed by atoms with Crippen LogP contribution >= 0.6 is 0 Å². The maximum Gasteiger partial charge on any atom is 0.0910 e. The van der Waals surface area contributed by atoms with E-state index in [1.807, 2.05) is 0 Å². The van der Waals surface area contributed by atoms with E-state index in [0.717, 1.165) is 26.1 Å². The lowest BCUT2D eigenvalue weighted by atomic mass is 9.54. The van der Waals surface area contributed by atoms with Crippen molar-refractivity contribution in [3.63, 3.8) is 0 Å². The Morgan fingerprint density at radius 2 is 1.24 bits per heavy atom. The van der Waals surface area contributed by atoms with Gasteiger partial charge in [-0.1, -0.05) is 54.6 Å². The average molecular weight is 505 g/mol. The molecular weight excluding hydrogens is 468 g/mol. The fourth-order valence-corrected chi connectivity index (χ4v) is 9.95. The smallest absolute Gasteiger partial charge is 0.0910 e. The monoisotopic (exact) mass is 504 g/mol. The summed E-state index contributed by atoms with van der Waals surface area (Å²) >= 11 is 0. The second-order valence-corrected chi connectivity index (χ2v) is 12.6. The van der Waals surface area contributed by atoms with E-state index in [0.29, 0.717) is 6.17 Å². The number of benzene rings is 3. The van der Waals surface area contributed by atoms with E-state index < -0.39 is 0 Å². The third kappa shape index (κ3) is 2.22. The van der Waals surface area contributed by atoms with Gasteiger partial charge in [0.05, 0.1) is 23.9 Å². The molecule has 9 rings (SSSR count). The zero-order chi connectivity index (χ0) is 25.3. The van der Waals surface area contributed by atoms with Crippen molar-refractivity contribution in [2.45, 2.75) is 54.0 Å². The van der Waals surface area contributed by atoms with E-state index >= 15 is 0 Å². The molecule has 4 N–H and O–H groups in total. The minimum atomic E-state index is -0.0668. The van der Waals surface area contributed by atoms with Crippen LogP contribution in [0.4, 0.5) is 17.1 Å². The van der Waals surface area contributed by atoms with Crippen LogP contribution in [0.1, 0.15) is 41.5 Å². The molecule has 0 aromatic heterocycles. The predicted octanol–water partition coefficient (Wildman–Crippen LogP) is 4.07. The molecule has 6 heteroatoms. The van der Waals surface area contributed by atoms with Crippen LogP contribution in [0.3, 0.4) is 0 Å². The van der Waals surface area contributed by atoms with Crippen molar-refractivity contribution in [3.8, 4) is 0 Å². The van der Waals surface area contributed by atoms with Crippen molar-refractivity contribution < 1.29 is 0 Å². The number of nitrogens with zero attached hydrogens (tertiary/aromatic N) is 2. The number of rotatable bonds is 2. The highest BCUT2D eigenvalue weighted by Gasteiger charge is 2.71. The van der Waals surface area contributed by atoms with Crippen molar-refractivity contribution in [2.75, 3.05) is 49.7 Å². The Bertz CT molecular complexity index is 1490. The first-order valence-corrected chi connectivity index (χ1v) is 14.4. The van der Waals surface area contributed by atoms with Crippen LogP contribution in [-0.2, 0) is 16.2 Å². The number of anilines is 3. The maximum absolute atomic E-state index is 4.22. The third-order valence-corrected chi connectivity index (χ3v) is 11.4. The zero-order valence-corrected chi connectivity index (χ0v) is 22.2. The van der Waals surface area contributed by atoms with Crippen molar-refractivity contribution >= 4 is 17.1 Å². The SMILES string of the molecule is CN1CC[C@]2([C@@]34CCN(C)[C@H]3Nc3ccccc34)c3cccc([C@]45CCNC4Nc4ccccc45)c3N[C@H]12. The van der Waals surface area contributed by atoms with E-state index in [4.69, 9.17) is 0 Å². The van der Waals surface area contributed by atoms with E-state index in [1.54, 1.807) is 0 Å². The summed E-state index contributed by atoms with van der Waals surface area (Å²) in [6.07, 6.45) is 4.25. The quantitative estimate of drug-likeness (QED) is 0.422. The molecule has 0 saturated carbocycles. The Morgan fingerprint density at radius 1 is 0.632 bits per heavy atom. The van der Waals surface area contributed by atoms with Gasteiger partial charge in [-0.15, -0.1) is 0 Å². The summed E-state index contributed by atoms with van der Waals surface area (Å²) in [7, 11) is 4.64. The summed E-state index contributed by atoms with van der Waals surface area (Å²) < 4.78 is 0. The van der Waals surface area contributed by atoms with E-state index in [9.17, 15) is 0 Å². The first-order chi connectivity index (χ1) is 18.6. The Hall–Kier alpha value is -3.06. The minimum Gasteiger partial charge on any atom is -0.369 e.